The Bertz CT molecular complexity index is 732. The summed E-state index contributed by atoms with van der Waals surface area (Å²) in [5.41, 5.74) is 3.76. The van der Waals surface area contributed by atoms with E-state index in [4.69, 9.17) is 0 Å². The highest BCUT2D eigenvalue weighted by Gasteiger charge is 2.14. The molecule has 5 heteroatoms. The third-order valence-corrected chi connectivity index (χ3v) is 3.19. The summed E-state index contributed by atoms with van der Waals surface area (Å²) in [7, 11) is 1.75. The fraction of sp³-hybridized carbons (Fsp3) is 0.188. The number of aromatic nitrogens is 1. The molecule has 2 rings (SSSR count). The fourth-order valence-electron chi connectivity index (χ4n) is 2.06. The first-order valence-corrected chi connectivity index (χ1v) is 6.52. The van der Waals surface area contributed by atoms with Gasteiger partial charge in [-0.05, 0) is 31.5 Å². The average Bonchev–Trinajstić information content (AvgIpc) is 2.47. The summed E-state index contributed by atoms with van der Waals surface area (Å²) in [6, 6.07) is 9.26. The van der Waals surface area contributed by atoms with Crippen molar-refractivity contribution in [2.45, 2.75) is 13.8 Å². The first-order valence-electron chi connectivity index (χ1n) is 6.52. The number of carbonyl (C=O) groups excluding carboxylic acids is 1. The fourth-order valence-corrected chi connectivity index (χ4v) is 2.06. The van der Waals surface area contributed by atoms with Gasteiger partial charge in [-0.2, -0.15) is 5.26 Å². The first kappa shape index (κ1) is 14.5. The molecule has 0 spiro atoms. The van der Waals surface area contributed by atoms with Crippen LogP contribution in [-0.2, 0) is 0 Å². The van der Waals surface area contributed by atoms with Crippen molar-refractivity contribution in [2.75, 3.05) is 17.7 Å². The third-order valence-electron chi connectivity index (χ3n) is 3.19. The molecule has 0 aliphatic heterocycles. The van der Waals surface area contributed by atoms with Crippen molar-refractivity contribution in [3.63, 3.8) is 0 Å². The van der Waals surface area contributed by atoms with Crippen LogP contribution >= 0.6 is 0 Å². The topological polar surface area (TPSA) is 77.8 Å². The number of nitrogens with zero attached hydrogens (tertiary/aromatic N) is 2. The van der Waals surface area contributed by atoms with Crippen molar-refractivity contribution in [1.29, 1.82) is 5.26 Å². The lowest BCUT2D eigenvalue weighted by Gasteiger charge is -2.12. The molecule has 0 aliphatic carbocycles. The molecule has 1 aromatic carbocycles. The molecule has 2 aromatic rings. The van der Waals surface area contributed by atoms with E-state index in [1.165, 1.54) is 6.20 Å². The Morgan fingerprint density at radius 3 is 2.71 bits per heavy atom. The van der Waals surface area contributed by atoms with Crippen LogP contribution in [0.4, 0.5) is 11.4 Å². The van der Waals surface area contributed by atoms with Gasteiger partial charge in [-0.25, -0.2) is 0 Å². The van der Waals surface area contributed by atoms with Crippen molar-refractivity contribution in [2.24, 2.45) is 0 Å². The number of aryl methyl sites for hydroxylation is 2. The van der Waals surface area contributed by atoms with Crippen molar-refractivity contribution in [3.05, 3.63) is 52.8 Å². The van der Waals surface area contributed by atoms with Crippen LogP contribution < -0.4 is 10.6 Å². The zero-order chi connectivity index (χ0) is 15.4. The number of amides is 1. The van der Waals surface area contributed by atoms with E-state index in [0.717, 1.165) is 11.3 Å². The van der Waals surface area contributed by atoms with E-state index >= 15 is 0 Å². The zero-order valence-corrected chi connectivity index (χ0v) is 12.2. The highest BCUT2D eigenvalue weighted by molar-refractivity contribution is 6.08. The lowest BCUT2D eigenvalue weighted by Crippen LogP contribution is -2.15. The summed E-state index contributed by atoms with van der Waals surface area (Å²) in [4.78, 5) is 16.5. The van der Waals surface area contributed by atoms with Gasteiger partial charge in [-0.3, -0.25) is 9.78 Å². The highest BCUT2D eigenvalue weighted by Crippen LogP contribution is 2.21. The van der Waals surface area contributed by atoms with Gasteiger partial charge in [-0.15, -0.1) is 0 Å². The normalized spacial score (nSPS) is 9.81. The van der Waals surface area contributed by atoms with Gasteiger partial charge in [-0.1, -0.05) is 12.1 Å². The lowest BCUT2D eigenvalue weighted by molar-refractivity contribution is 0.102. The number of benzene rings is 1. The molecule has 0 atom stereocenters. The standard InChI is InChI=1S/C16H16N4O/c1-10-5-4-6-14(12(10)8-17)20-16(21)13-9-19-11(2)7-15(13)18-3/h4-7,9H,1-3H3,(H,18,19)(H,20,21). The Kier molecular flexibility index (Phi) is 4.19. The predicted octanol–water partition coefficient (Wildman–Crippen LogP) is 2.86. The van der Waals surface area contributed by atoms with Crippen LogP contribution in [0.2, 0.25) is 0 Å². The average molecular weight is 280 g/mol. The van der Waals surface area contributed by atoms with Crippen LogP contribution in [0.3, 0.4) is 0 Å². The van der Waals surface area contributed by atoms with Gasteiger partial charge in [0.15, 0.2) is 0 Å². The molecule has 5 nitrogen and oxygen atoms in total. The van der Waals surface area contributed by atoms with E-state index in [1.807, 2.05) is 19.9 Å². The molecule has 0 aliphatic rings. The van der Waals surface area contributed by atoms with Crippen LogP contribution in [0.5, 0.6) is 0 Å². The quantitative estimate of drug-likeness (QED) is 0.906. The minimum atomic E-state index is -0.297. The summed E-state index contributed by atoms with van der Waals surface area (Å²) >= 11 is 0. The maximum atomic E-state index is 12.4. The number of nitrogens with one attached hydrogen (secondary N) is 2. The number of hydrogen-bond donors (Lipinski definition) is 2. The number of carbonyl (C=O) groups is 1. The number of anilines is 2. The van der Waals surface area contributed by atoms with E-state index in [9.17, 15) is 10.1 Å². The van der Waals surface area contributed by atoms with Crippen LogP contribution in [0, 0.1) is 25.2 Å². The van der Waals surface area contributed by atoms with Crippen molar-refractivity contribution in [1.82, 2.24) is 4.98 Å². The molecule has 21 heavy (non-hydrogen) atoms. The Balaban J connectivity index is 2.36. The van der Waals surface area contributed by atoms with Crippen LogP contribution in [0.15, 0.2) is 30.5 Å². The summed E-state index contributed by atoms with van der Waals surface area (Å²) in [5, 5.41) is 14.9. The van der Waals surface area contributed by atoms with Crippen LogP contribution in [0.25, 0.3) is 0 Å². The summed E-state index contributed by atoms with van der Waals surface area (Å²) in [5.74, 6) is -0.297. The van der Waals surface area contributed by atoms with Crippen LogP contribution in [0.1, 0.15) is 27.2 Å². The summed E-state index contributed by atoms with van der Waals surface area (Å²) in [6.45, 7) is 3.69. The SMILES string of the molecule is CNc1cc(C)ncc1C(=O)Nc1cccc(C)c1C#N. The Morgan fingerprint density at radius 2 is 2.05 bits per heavy atom. The smallest absolute Gasteiger partial charge is 0.259 e. The van der Waals surface area contributed by atoms with E-state index < -0.39 is 0 Å². The van der Waals surface area contributed by atoms with E-state index in [-0.39, 0.29) is 5.91 Å². The first-order chi connectivity index (χ1) is 10.1. The second kappa shape index (κ2) is 6.06. The Morgan fingerprint density at radius 1 is 1.29 bits per heavy atom. The summed E-state index contributed by atoms with van der Waals surface area (Å²) in [6.07, 6.45) is 1.53. The minimum absolute atomic E-state index is 0.297. The van der Waals surface area contributed by atoms with Gasteiger partial charge < -0.3 is 10.6 Å². The third kappa shape index (κ3) is 3.00. The second-order valence-electron chi connectivity index (χ2n) is 4.68. The molecule has 2 N–H and O–H groups in total. The maximum Gasteiger partial charge on any atom is 0.259 e. The monoisotopic (exact) mass is 280 g/mol. The van der Waals surface area contributed by atoms with Crippen molar-refractivity contribution < 1.29 is 4.79 Å². The molecule has 0 bridgehead atoms. The molecule has 0 saturated carbocycles. The summed E-state index contributed by atoms with van der Waals surface area (Å²) < 4.78 is 0. The zero-order valence-electron chi connectivity index (χ0n) is 12.2. The van der Waals surface area contributed by atoms with E-state index in [1.54, 1.807) is 25.2 Å². The van der Waals surface area contributed by atoms with Gasteiger partial charge in [0.2, 0.25) is 0 Å². The van der Waals surface area contributed by atoms with Gasteiger partial charge >= 0.3 is 0 Å². The number of hydrogen-bond acceptors (Lipinski definition) is 4. The minimum Gasteiger partial charge on any atom is -0.387 e. The van der Waals surface area contributed by atoms with Crippen molar-refractivity contribution in [3.8, 4) is 6.07 Å². The molecule has 106 valence electrons. The molecule has 1 aromatic heterocycles. The molecule has 0 saturated heterocycles. The largest absolute Gasteiger partial charge is 0.387 e. The Labute approximate surface area is 123 Å². The lowest BCUT2D eigenvalue weighted by atomic mass is 10.1. The van der Waals surface area contributed by atoms with E-state index in [2.05, 4.69) is 21.7 Å². The predicted molar refractivity (Wildman–Crippen MR) is 82.4 cm³/mol. The number of rotatable bonds is 3. The highest BCUT2D eigenvalue weighted by atomic mass is 16.1. The maximum absolute atomic E-state index is 12.4. The molecule has 1 heterocycles. The van der Waals surface area contributed by atoms with Gasteiger partial charge in [0.1, 0.15) is 6.07 Å². The van der Waals surface area contributed by atoms with Gasteiger partial charge in [0.05, 0.1) is 22.5 Å². The van der Waals surface area contributed by atoms with E-state index in [0.29, 0.717) is 22.5 Å². The molecular weight excluding hydrogens is 264 g/mol. The molecule has 0 unspecified atom stereocenters. The van der Waals surface area contributed by atoms with Gasteiger partial charge in [0.25, 0.3) is 5.91 Å². The second-order valence-corrected chi connectivity index (χ2v) is 4.68. The molecule has 0 radical (unpaired) electrons. The number of nitriles is 1. The van der Waals surface area contributed by atoms with Gasteiger partial charge in [0, 0.05) is 18.9 Å². The van der Waals surface area contributed by atoms with Crippen LogP contribution in [-0.4, -0.2) is 17.9 Å². The molecular formula is C16H16N4O. The Hall–Kier alpha value is -2.87. The molecule has 0 fully saturated rings. The molecule has 1 amide bonds. The van der Waals surface area contributed by atoms with Crippen molar-refractivity contribution >= 4 is 17.3 Å². The number of pyridine rings is 1.